The largest absolute Gasteiger partial charge is 0.295 e. The number of aromatic nitrogens is 3. The van der Waals surface area contributed by atoms with Crippen molar-refractivity contribution in [3.63, 3.8) is 0 Å². The van der Waals surface area contributed by atoms with Crippen LogP contribution in [0.5, 0.6) is 0 Å². The molecule has 0 fully saturated rings. The minimum atomic E-state index is -1.64. The predicted octanol–water partition coefficient (Wildman–Crippen LogP) is 17.2. The average molecular weight is 1130 g/mol. The normalized spacial score (nSPS) is 13.6. The maximum absolute atomic E-state index is 5.94. The average Bonchev–Trinajstić information content (AvgIpc) is 1.31. The molecule has 5 heterocycles. The molecule has 0 saturated heterocycles. The molecule has 0 saturated carbocycles. The molecule has 0 aliphatic carbocycles. The van der Waals surface area contributed by atoms with E-state index in [1.165, 1.54) is 38.1 Å². The molecule has 3 aromatic heterocycles. The van der Waals surface area contributed by atoms with Gasteiger partial charge in [-0.3, -0.25) is 24.6 Å². The monoisotopic (exact) mass is 1130 g/mol. The van der Waals surface area contributed by atoms with Crippen LogP contribution in [-0.2, 0) is 21.7 Å². The van der Waals surface area contributed by atoms with Crippen LogP contribution in [0.25, 0.3) is 0 Å². The van der Waals surface area contributed by atoms with E-state index in [1.807, 2.05) is 0 Å². The summed E-state index contributed by atoms with van der Waals surface area (Å²) in [5.41, 5.74) is 16.8. The summed E-state index contributed by atoms with van der Waals surface area (Å²) in [5, 5.41) is 2.81. The minimum absolute atomic E-state index is 0.000199. The zero-order valence-corrected chi connectivity index (χ0v) is 54.5. The molecular formula is C73H84BN7Si2. The second kappa shape index (κ2) is 20.7. The number of nitrogens with zero attached hydrogens (tertiary/aromatic N) is 7. The van der Waals surface area contributed by atoms with E-state index in [0.29, 0.717) is 0 Å². The topological polar surface area (TPSA) is 51.6 Å². The molecule has 9 aromatic rings. The van der Waals surface area contributed by atoms with Crippen LogP contribution >= 0.6 is 0 Å². The molecule has 0 unspecified atom stereocenters. The maximum Gasteiger partial charge on any atom is 0.256 e. The summed E-state index contributed by atoms with van der Waals surface area (Å²) in [6, 6.07) is 63.9. The first kappa shape index (κ1) is 57.3. The van der Waals surface area contributed by atoms with Crippen LogP contribution in [0.4, 0.5) is 68.8 Å². The molecule has 422 valence electrons. The summed E-state index contributed by atoms with van der Waals surface area (Å²) in [6.07, 6.45) is 4.13. The first-order chi connectivity index (χ1) is 38.9. The summed E-state index contributed by atoms with van der Waals surface area (Å²) < 4.78 is 0. The fraction of sp³-hybridized carbons (Fsp3) is 0.301. The Labute approximate surface area is 498 Å². The van der Waals surface area contributed by atoms with Gasteiger partial charge in [0.25, 0.3) is 6.71 Å². The van der Waals surface area contributed by atoms with Crippen molar-refractivity contribution in [3.8, 4) is 0 Å². The zero-order valence-electron chi connectivity index (χ0n) is 52.5. The van der Waals surface area contributed by atoms with Crippen molar-refractivity contribution in [1.29, 1.82) is 0 Å². The highest BCUT2D eigenvalue weighted by Crippen LogP contribution is 2.46. The van der Waals surface area contributed by atoms with Crippen LogP contribution in [-0.4, -0.2) is 37.8 Å². The standard InChI is InChI=1S/C73H84BN7Si2/c1-70(2,3)49-19-27-53(28-20-49)78(54-29-21-50(22-30-54)71(4,5)6)65-45-43-61-68(76-65)80(57-35-39-59(40-36-57)82(13,14)15)63-47-75-48-64-67(63)74(61)62-44-46-66(77-69(62)81(64)58-37-41-60(42-38-58)83(16,17)18)79(55-31-23-51(24-32-55)72(7,8)9)56-33-25-52(26-34-56)73(10,11)12/h19-48H,1-18H3. The highest BCUT2D eigenvalue weighted by molar-refractivity contribution is 7.00. The Balaban J connectivity index is 1.17. The Bertz CT molecular complexity index is 3470. The fourth-order valence-corrected chi connectivity index (χ4v) is 14.1. The number of hydrogen-bond acceptors (Lipinski definition) is 7. The van der Waals surface area contributed by atoms with Crippen LogP contribution in [0.3, 0.4) is 0 Å². The quantitative estimate of drug-likeness (QED) is 0.126. The molecule has 7 nitrogen and oxygen atoms in total. The molecule has 10 heteroatoms. The Morgan fingerprint density at radius 3 is 0.880 bits per heavy atom. The van der Waals surface area contributed by atoms with Crippen LogP contribution in [0.1, 0.15) is 105 Å². The van der Waals surface area contributed by atoms with Gasteiger partial charge in [0.2, 0.25) is 0 Å². The van der Waals surface area contributed by atoms with Crippen LogP contribution in [0, 0.1) is 0 Å². The lowest BCUT2D eigenvalue weighted by Crippen LogP contribution is -2.62. The van der Waals surface area contributed by atoms with Crippen molar-refractivity contribution in [2.24, 2.45) is 0 Å². The van der Waals surface area contributed by atoms with Crippen LogP contribution < -0.4 is 46.4 Å². The van der Waals surface area contributed by atoms with E-state index in [9.17, 15) is 0 Å². The van der Waals surface area contributed by atoms with Crippen molar-refractivity contribution >= 4 is 118 Å². The summed E-state index contributed by atoms with van der Waals surface area (Å²) in [4.78, 5) is 26.5. The summed E-state index contributed by atoms with van der Waals surface area (Å²) in [5.74, 6) is 3.38. The summed E-state index contributed by atoms with van der Waals surface area (Å²) in [6.45, 7) is 41.5. The molecule has 0 N–H and O–H groups in total. The lowest BCUT2D eigenvalue weighted by molar-refractivity contribution is 0.590. The van der Waals surface area contributed by atoms with Crippen molar-refractivity contribution in [1.82, 2.24) is 15.0 Å². The van der Waals surface area contributed by atoms with E-state index < -0.39 is 16.1 Å². The number of anilines is 12. The first-order valence-electron chi connectivity index (χ1n) is 29.8. The zero-order chi connectivity index (χ0) is 59.3. The van der Waals surface area contributed by atoms with E-state index in [1.54, 1.807) is 0 Å². The van der Waals surface area contributed by atoms with Crippen LogP contribution in [0.15, 0.2) is 182 Å². The van der Waals surface area contributed by atoms with Crippen molar-refractivity contribution in [3.05, 3.63) is 205 Å². The molecule has 0 bridgehead atoms. The molecule has 83 heavy (non-hydrogen) atoms. The summed E-state index contributed by atoms with van der Waals surface area (Å²) in [7, 11) is -3.29. The smallest absolute Gasteiger partial charge is 0.256 e. The van der Waals surface area contributed by atoms with Gasteiger partial charge in [-0.1, -0.05) is 218 Å². The van der Waals surface area contributed by atoms with Crippen molar-refractivity contribution in [2.75, 3.05) is 19.6 Å². The molecule has 0 spiro atoms. The second-order valence-corrected chi connectivity index (χ2v) is 39.5. The molecule has 0 amide bonds. The van der Waals surface area contributed by atoms with Gasteiger partial charge in [-0.05, 0) is 145 Å². The predicted molar refractivity (Wildman–Crippen MR) is 364 cm³/mol. The van der Waals surface area contributed by atoms with Gasteiger partial charge in [0.15, 0.2) is 0 Å². The fourth-order valence-electron chi connectivity index (χ4n) is 11.8. The van der Waals surface area contributed by atoms with E-state index in [4.69, 9.17) is 15.0 Å². The van der Waals surface area contributed by atoms with E-state index in [0.717, 1.165) is 79.7 Å². The summed E-state index contributed by atoms with van der Waals surface area (Å²) >= 11 is 0. The number of hydrogen-bond donors (Lipinski definition) is 0. The molecule has 11 rings (SSSR count). The number of benzene rings is 6. The van der Waals surface area contributed by atoms with Gasteiger partial charge in [-0.25, -0.2) is 9.97 Å². The third-order valence-electron chi connectivity index (χ3n) is 17.0. The van der Waals surface area contributed by atoms with Crippen molar-refractivity contribution in [2.45, 2.75) is 144 Å². The maximum atomic E-state index is 5.94. The lowest BCUT2D eigenvalue weighted by Gasteiger charge is -2.43. The SMILES string of the molecule is CC(C)(C)c1ccc(N(c2ccc(C(C)(C)C)cc2)c2ccc3c(n2)N(c2ccc([Si](C)(C)C)cc2)c2cncc4c2B3c2ccc(N(c3ccc(C(C)(C)C)cc3)c3ccc(C(C)(C)C)cc3)nc2N4c2ccc([Si](C)(C)C)cc2)cc1. The molecule has 0 radical (unpaired) electrons. The van der Waals surface area contributed by atoms with Gasteiger partial charge in [0.05, 0.1) is 39.9 Å². The van der Waals surface area contributed by atoms with Gasteiger partial charge in [-0.15, -0.1) is 0 Å². The molecule has 2 aliphatic rings. The Hall–Kier alpha value is -7.53. The number of pyridine rings is 3. The van der Waals surface area contributed by atoms with Gasteiger partial charge < -0.3 is 0 Å². The second-order valence-electron chi connectivity index (χ2n) is 29.3. The van der Waals surface area contributed by atoms with E-state index >= 15 is 0 Å². The number of fused-ring (bicyclic) bond motifs is 4. The van der Waals surface area contributed by atoms with Crippen LogP contribution in [0.2, 0.25) is 39.3 Å². The molecular weight excluding hydrogens is 1040 g/mol. The third kappa shape index (κ3) is 11.0. The van der Waals surface area contributed by atoms with Gasteiger partial charge in [-0.2, -0.15) is 0 Å². The van der Waals surface area contributed by atoms with Crippen molar-refractivity contribution < 1.29 is 0 Å². The van der Waals surface area contributed by atoms with Gasteiger partial charge in [0, 0.05) is 34.1 Å². The third-order valence-corrected chi connectivity index (χ3v) is 21.1. The van der Waals surface area contributed by atoms with E-state index in [-0.39, 0.29) is 28.4 Å². The first-order valence-corrected chi connectivity index (χ1v) is 36.8. The molecule has 0 atom stereocenters. The Kier molecular flexibility index (Phi) is 14.3. The highest BCUT2D eigenvalue weighted by atomic mass is 28.3. The van der Waals surface area contributed by atoms with Gasteiger partial charge in [0.1, 0.15) is 23.3 Å². The Morgan fingerprint density at radius 2 is 0.627 bits per heavy atom. The molecule has 2 aliphatic heterocycles. The lowest BCUT2D eigenvalue weighted by atomic mass is 9.34. The Morgan fingerprint density at radius 1 is 0.349 bits per heavy atom. The highest BCUT2D eigenvalue weighted by Gasteiger charge is 2.46. The number of rotatable bonds is 10. The minimum Gasteiger partial charge on any atom is -0.295 e. The van der Waals surface area contributed by atoms with Gasteiger partial charge >= 0.3 is 0 Å². The molecule has 6 aromatic carbocycles. The van der Waals surface area contributed by atoms with E-state index in [2.05, 4.69) is 324 Å².